The molecule has 1 fully saturated rings. The van der Waals surface area contributed by atoms with Gasteiger partial charge in [0.1, 0.15) is 0 Å². The first kappa shape index (κ1) is 17.9. The van der Waals surface area contributed by atoms with E-state index in [1.165, 1.54) is 6.20 Å². The molecule has 0 spiro atoms. The molecule has 3 aromatic heterocycles. The van der Waals surface area contributed by atoms with Crippen molar-refractivity contribution in [1.29, 1.82) is 0 Å². The van der Waals surface area contributed by atoms with E-state index in [0.29, 0.717) is 23.4 Å². The lowest BCUT2D eigenvalue weighted by Crippen LogP contribution is -2.41. The first-order valence-electron chi connectivity index (χ1n) is 9.53. The molecule has 1 N–H and O–H groups in total. The third kappa shape index (κ3) is 3.08. The molecule has 0 aromatic carbocycles. The van der Waals surface area contributed by atoms with Crippen molar-refractivity contribution < 1.29 is 18.0 Å². The summed E-state index contributed by atoms with van der Waals surface area (Å²) < 4.78 is 30.4. The van der Waals surface area contributed by atoms with E-state index in [4.69, 9.17) is 4.42 Å². The van der Waals surface area contributed by atoms with Crippen LogP contribution in [0.15, 0.2) is 28.9 Å². The third-order valence-electron chi connectivity index (χ3n) is 5.71. The molecule has 1 aliphatic carbocycles. The van der Waals surface area contributed by atoms with Crippen LogP contribution in [0.25, 0.3) is 11.5 Å². The summed E-state index contributed by atoms with van der Waals surface area (Å²) in [7, 11) is 0. The Hall–Kier alpha value is -3.17. The smallest absolute Gasteiger partial charge is 0.314 e. The van der Waals surface area contributed by atoms with Gasteiger partial charge in [-0.15, -0.1) is 10.2 Å². The standard InChI is InChI=1S/C19H18F2N6O2/c20-16(21)18-26-25-17(29-18)10-7-12-14(22-8-10)9-27(19(12)28)15-4-2-1-3-11(15)13-5-6-23-24-13/h5-8,11,15-16H,1-4,9H2,(H,23,24). The Balaban J connectivity index is 1.43. The second-order valence-electron chi connectivity index (χ2n) is 7.37. The van der Waals surface area contributed by atoms with Gasteiger partial charge in [0.05, 0.1) is 23.4 Å². The summed E-state index contributed by atoms with van der Waals surface area (Å²) >= 11 is 0. The summed E-state index contributed by atoms with van der Waals surface area (Å²) in [6.07, 6.45) is 4.44. The Morgan fingerprint density at radius 3 is 2.86 bits per heavy atom. The summed E-state index contributed by atoms with van der Waals surface area (Å²) in [6.45, 7) is 0.426. The predicted octanol–water partition coefficient (Wildman–Crippen LogP) is 3.47. The molecule has 10 heteroatoms. The van der Waals surface area contributed by atoms with Crippen LogP contribution in [-0.4, -0.2) is 42.2 Å². The fraction of sp³-hybridized carbons (Fsp3) is 0.421. The molecule has 2 unspecified atom stereocenters. The normalized spacial score (nSPS) is 21.8. The highest BCUT2D eigenvalue weighted by atomic mass is 19.3. The number of aromatic nitrogens is 5. The van der Waals surface area contributed by atoms with Crippen LogP contribution in [0.5, 0.6) is 0 Å². The number of pyridine rings is 1. The van der Waals surface area contributed by atoms with Crippen LogP contribution in [0.4, 0.5) is 8.78 Å². The molecule has 3 aromatic rings. The summed E-state index contributed by atoms with van der Waals surface area (Å²) in [5, 5.41) is 14.1. The Labute approximate surface area is 164 Å². The average Bonchev–Trinajstić information content (AvgIpc) is 3.48. The molecular formula is C19H18F2N6O2. The minimum absolute atomic E-state index is 0.0585. The zero-order valence-electron chi connectivity index (χ0n) is 15.4. The number of hydrogen-bond donors (Lipinski definition) is 1. The number of nitrogens with zero attached hydrogens (tertiary/aromatic N) is 5. The maximum absolute atomic E-state index is 13.2. The van der Waals surface area contributed by atoms with Gasteiger partial charge in [-0.2, -0.15) is 13.9 Å². The lowest BCUT2D eigenvalue weighted by molar-refractivity contribution is 0.0624. The Morgan fingerprint density at radius 2 is 2.10 bits per heavy atom. The average molecular weight is 400 g/mol. The van der Waals surface area contributed by atoms with Crippen molar-refractivity contribution in [3.8, 4) is 11.5 Å². The van der Waals surface area contributed by atoms with Gasteiger partial charge < -0.3 is 9.32 Å². The first-order chi connectivity index (χ1) is 14.1. The van der Waals surface area contributed by atoms with Crippen LogP contribution in [-0.2, 0) is 6.54 Å². The number of halogens is 2. The van der Waals surface area contributed by atoms with Gasteiger partial charge in [0.25, 0.3) is 11.8 Å². The van der Waals surface area contributed by atoms with E-state index < -0.39 is 12.3 Å². The molecule has 1 aliphatic heterocycles. The molecule has 29 heavy (non-hydrogen) atoms. The van der Waals surface area contributed by atoms with Crippen LogP contribution in [0, 0.1) is 0 Å². The van der Waals surface area contributed by atoms with Gasteiger partial charge >= 0.3 is 6.43 Å². The molecule has 5 rings (SSSR count). The van der Waals surface area contributed by atoms with Gasteiger partial charge in [-0.05, 0) is 25.0 Å². The predicted molar refractivity (Wildman–Crippen MR) is 95.9 cm³/mol. The van der Waals surface area contributed by atoms with E-state index in [-0.39, 0.29) is 23.8 Å². The summed E-state index contributed by atoms with van der Waals surface area (Å²) in [5.74, 6) is -0.735. The number of amides is 1. The van der Waals surface area contributed by atoms with Crippen LogP contribution in [0.1, 0.15) is 65.7 Å². The molecule has 0 radical (unpaired) electrons. The highest BCUT2D eigenvalue weighted by molar-refractivity contribution is 5.99. The Morgan fingerprint density at radius 1 is 1.24 bits per heavy atom. The number of carbonyl (C=O) groups excluding carboxylic acids is 1. The van der Waals surface area contributed by atoms with E-state index in [0.717, 1.165) is 31.4 Å². The van der Waals surface area contributed by atoms with E-state index in [2.05, 4.69) is 25.4 Å². The highest BCUT2D eigenvalue weighted by Gasteiger charge is 2.39. The molecule has 1 saturated carbocycles. The lowest BCUT2D eigenvalue weighted by Gasteiger charge is -2.37. The zero-order chi connectivity index (χ0) is 20.0. The van der Waals surface area contributed by atoms with Crippen LogP contribution in [0.2, 0.25) is 0 Å². The monoisotopic (exact) mass is 400 g/mol. The van der Waals surface area contributed by atoms with Gasteiger partial charge in [-0.25, -0.2) is 0 Å². The minimum atomic E-state index is -2.85. The third-order valence-corrected chi connectivity index (χ3v) is 5.71. The number of rotatable bonds is 4. The lowest BCUT2D eigenvalue weighted by atomic mass is 9.81. The quantitative estimate of drug-likeness (QED) is 0.720. The van der Waals surface area contributed by atoms with Gasteiger partial charge in [0.15, 0.2) is 0 Å². The topological polar surface area (TPSA) is 101 Å². The summed E-state index contributed by atoms with van der Waals surface area (Å²) in [5.41, 5.74) is 2.51. The van der Waals surface area contributed by atoms with E-state index >= 15 is 0 Å². The number of fused-ring (bicyclic) bond motifs is 1. The van der Waals surface area contributed by atoms with E-state index in [9.17, 15) is 13.6 Å². The molecule has 0 bridgehead atoms. The fourth-order valence-corrected chi connectivity index (χ4v) is 4.34. The molecule has 8 nitrogen and oxygen atoms in total. The highest BCUT2D eigenvalue weighted by Crippen LogP contribution is 2.39. The SMILES string of the molecule is O=C1c2cc(-c3nnc(C(F)F)o3)cnc2CN1C1CCCCC1c1ccn[nH]1. The molecule has 2 atom stereocenters. The van der Waals surface area contributed by atoms with Crippen LogP contribution >= 0.6 is 0 Å². The number of H-pyrrole nitrogens is 1. The minimum Gasteiger partial charge on any atom is -0.415 e. The van der Waals surface area contributed by atoms with Crippen LogP contribution in [0.3, 0.4) is 0 Å². The van der Waals surface area contributed by atoms with Crippen molar-refractivity contribution in [2.45, 2.75) is 50.6 Å². The molecular weight excluding hydrogens is 382 g/mol. The van der Waals surface area contributed by atoms with Gasteiger partial charge in [-0.1, -0.05) is 12.8 Å². The number of nitrogens with one attached hydrogen (secondary N) is 1. The zero-order valence-corrected chi connectivity index (χ0v) is 15.4. The Bertz CT molecular complexity index is 1040. The van der Waals surface area contributed by atoms with Gasteiger partial charge in [0, 0.05) is 30.0 Å². The number of hydrogen-bond acceptors (Lipinski definition) is 6. The molecule has 2 aliphatic rings. The van der Waals surface area contributed by atoms with E-state index in [1.54, 1.807) is 12.3 Å². The first-order valence-corrected chi connectivity index (χ1v) is 9.53. The molecule has 4 heterocycles. The van der Waals surface area contributed by atoms with Crippen molar-refractivity contribution in [1.82, 2.24) is 30.3 Å². The molecule has 0 saturated heterocycles. The van der Waals surface area contributed by atoms with Crippen molar-refractivity contribution in [3.05, 3.63) is 47.4 Å². The van der Waals surface area contributed by atoms with Crippen molar-refractivity contribution in [2.75, 3.05) is 0 Å². The van der Waals surface area contributed by atoms with Gasteiger partial charge in [-0.3, -0.25) is 14.9 Å². The van der Waals surface area contributed by atoms with Crippen molar-refractivity contribution in [2.24, 2.45) is 0 Å². The second-order valence-corrected chi connectivity index (χ2v) is 7.37. The van der Waals surface area contributed by atoms with Crippen molar-refractivity contribution >= 4 is 5.91 Å². The van der Waals surface area contributed by atoms with E-state index in [1.807, 2.05) is 11.0 Å². The van der Waals surface area contributed by atoms with Crippen molar-refractivity contribution in [3.63, 3.8) is 0 Å². The number of carbonyl (C=O) groups is 1. The fourth-order valence-electron chi connectivity index (χ4n) is 4.34. The summed E-state index contributed by atoms with van der Waals surface area (Å²) in [4.78, 5) is 19.4. The maximum Gasteiger partial charge on any atom is 0.314 e. The number of aromatic amines is 1. The van der Waals surface area contributed by atoms with Crippen LogP contribution < -0.4 is 0 Å². The Kier molecular flexibility index (Phi) is 4.33. The van der Waals surface area contributed by atoms with Gasteiger partial charge in [0.2, 0.25) is 5.89 Å². The molecule has 1 amide bonds. The largest absolute Gasteiger partial charge is 0.415 e. The maximum atomic E-state index is 13.2. The number of alkyl halides is 2. The second kappa shape index (κ2) is 7.02. The summed E-state index contributed by atoms with van der Waals surface area (Å²) in [6, 6.07) is 3.62. The molecule has 150 valence electrons.